The number of fused-ring (bicyclic) bond motifs is 1. The maximum absolute atomic E-state index is 5.80. The van der Waals surface area contributed by atoms with Crippen molar-refractivity contribution in [3.63, 3.8) is 0 Å². The number of nitrogens with zero attached hydrogens (tertiary/aromatic N) is 1. The Kier molecular flexibility index (Phi) is 1.24. The van der Waals surface area contributed by atoms with Gasteiger partial charge >= 0.3 is 0 Å². The summed E-state index contributed by atoms with van der Waals surface area (Å²) in [7, 11) is 0. The van der Waals surface area contributed by atoms with E-state index in [0.717, 1.165) is 24.3 Å². The Morgan fingerprint density at radius 2 is 2.60 bits per heavy atom. The van der Waals surface area contributed by atoms with Gasteiger partial charge in [-0.15, -0.1) is 0 Å². The normalized spacial score (nSPS) is 14.5. The van der Waals surface area contributed by atoms with Crippen molar-refractivity contribution in [2.24, 2.45) is 0 Å². The average molecular weight is 157 g/mol. The van der Waals surface area contributed by atoms with Crippen LogP contribution in [0.5, 0.6) is 0 Å². The van der Waals surface area contributed by atoms with E-state index in [2.05, 4.69) is 15.3 Å². The fourth-order valence-corrected chi connectivity index (χ4v) is 1.36. The van der Waals surface area contributed by atoms with Gasteiger partial charge in [-0.25, -0.2) is 4.98 Å². The van der Waals surface area contributed by atoms with Crippen molar-refractivity contribution >= 4 is 17.4 Å². The lowest BCUT2D eigenvalue weighted by Gasteiger charge is -1.90. The second-order valence-corrected chi connectivity index (χ2v) is 2.58. The first-order chi connectivity index (χ1) is 4.88. The zero-order valence-corrected chi connectivity index (χ0v) is 6.07. The van der Waals surface area contributed by atoms with Crippen molar-refractivity contribution in [1.29, 1.82) is 0 Å². The van der Waals surface area contributed by atoms with Crippen molar-refractivity contribution in [2.75, 3.05) is 11.9 Å². The highest BCUT2D eigenvalue weighted by atomic mass is 35.5. The topological polar surface area (TPSA) is 39.1 Å². The summed E-state index contributed by atoms with van der Waals surface area (Å²) in [6.45, 7) is 0.956. The number of rotatable bonds is 0. The number of aromatic amines is 1. The molecule has 1 aromatic rings. The summed E-state index contributed by atoms with van der Waals surface area (Å²) in [6, 6.07) is 0. The van der Waals surface area contributed by atoms with Gasteiger partial charge in [0.15, 0.2) is 0 Å². The highest BCUT2D eigenvalue weighted by Gasteiger charge is 2.19. The summed E-state index contributed by atoms with van der Waals surface area (Å²) in [6.07, 6.45) is 2.57. The largest absolute Gasteiger partial charge is 0.305 e. The molecular weight excluding hydrogens is 150 g/mol. The molecule has 1 aromatic heterocycles. The molecule has 0 aliphatic carbocycles. The summed E-state index contributed by atoms with van der Waals surface area (Å²) in [5.74, 6) is 1.01. The molecule has 10 heavy (non-hydrogen) atoms. The summed E-state index contributed by atoms with van der Waals surface area (Å²) < 4.78 is 0. The quantitative estimate of drug-likeness (QED) is 0.557. The molecule has 1 aliphatic rings. The van der Waals surface area contributed by atoms with Gasteiger partial charge in [0, 0.05) is 6.42 Å². The molecule has 3 nitrogen and oxygen atoms in total. The lowest BCUT2D eigenvalue weighted by atomic mass is 10.3. The molecule has 4 heteroatoms. The molecular formula is C6H7ClN3+. The van der Waals surface area contributed by atoms with Crippen LogP contribution in [0.1, 0.15) is 5.56 Å². The zero-order chi connectivity index (χ0) is 6.97. The third-order valence-electron chi connectivity index (χ3n) is 1.61. The third-order valence-corrected chi connectivity index (χ3v) is 1.94. The highest BCUT2D eigenvalue weighted by molar-refractivity contribution is 6.30. The highest BCUT2D eigenvalue weighted by Crippen LogP contribution is 2.21. The molecule has 0 saturated heterocycles. The Hall–Kier alpha value is -0.830. The Morgan fingerprint density at radius 3 is 3.40 bits per heavy atom. The predicted octanol–water partition coefficient (Wildman–Crippen LogP) is 0.517. The molecule has 0 saturated carbocycles. The van der Waals surface area contributed by atoms with E-state index in [9.17, 15) is 0 Å². The maximum atomic E-state index is 5.80. The fraction of sp³-hybridized carbons (Fsp3) is 0.333. The molecule has 0 aromatic carbocycles. The van der Waals surface area contributed by atoms with Gasteiger partial charge in [-0.2, -0.15) is 0 Å². The van der Waals surface area contributed by atoms with E-state index in [1.165, 1.54) is 0 Å². The lowest BCUT2D eigenvalue weighted by molar-refractivity contribution is -0.365. The van der Waals surface area contributed by atoms with E-state index in [1.807, 2.05) is 0 Å². The van der Waals surface area contributed by atoms with Crippen LogP contribution < -0.4 is 10.3 Å². The molecule has 2 heterocycles. The van der Waals surface area contributed by atoms with Crippen LogP contribution >= 0.6 is 11.6 Å². The van der Waals surface area contributed by atoms with Crippen molar-refractivity contribution < 1.29 is 4.98 Å². The molecule has 0 bridgehead atoms. The molecule has 2 rings (SSSR count). The van der Waals surface area contributed by atoms with Crippen LogP contribution in [0.2, 0.25) is 5.15 Å². The summed E-state index contributed by atoms with van der Waals surface area (Å²) in [4.78, 5) is 6.90. The van der Waals surface area contributed by atoms with Crippen molar-refractivity contribution in [3.8, 4) is 0 Å². The van der Waals surface area contributed by atoms with Crippen molar-refractivity contribution in [3.05, 3.63) is 17.0 Å². The monoisotopic (exact) mass is 156 g/mol. The van der Waals surface area contributed by atoms with Gasteiger partial charge in [0.1, 0.15) is 0 Å². The number of halogens is 1. The minimum absolute atomic E-state index is 0.610. The van der Waals surface area contributed by atoms with Gasteiger partial charge in [-0.3, -0.25) is 0 Å². The molecule has 0 spiro atoms. The second kappa shape index (κ2) is 2.09. The first kappa shape index (κ1) is 5.92. The smallest absolute Gasteiger partial charge is 0.226 e. The number of nitrogens with one attached hydrogen (secondary N) is 2. The minimum atomic E-state index is 0.610. The van der Waals surface area contributed by atoms with Crippen LogP contribution in [0.3, 0.4) is 0 Å². The number of aromatic nitrogens is 2. The summed E-state index contributed by atoms with van der Waals surface area (Å²) in [5, 5.41) is 3.77. The lowest BCUT2D eigenvalue weighted by Crippen LogP contribution is -2.09. The van der Waals surface area contributed by atoms with Crippen molar-refractivity contribution in [2.45, 2.75) is 6.42 Å². The predicted molar refractivity (Wildman–Crippen MR) is 38.0 cm³/mol. The van der Waals surface area contributed by atoms with Gasteiger partial charge in [-0.1, -0.05) is 4.98 Å². The van der Waals surface area contributed by atoms with Crippen LogP contribution in [-0.4, -0.2) is 11.5 Å². The third kappa shape index (κ3) is 0.743. The Labute approximate surface area is 63.4 Å². The summed E-state index contributed by atoms with van der Waals surface area (Å²) in [5.41, 5.74) is 1.10. The van der Waals surface area contributed by atoms with Gasteiger partial charge in [-0.05, 0) is 11.6 Å². The van der Waals surface area contributed by atoms with E-state index in [-0.39, 0.29) is 0 Å². The number of hydrogen-bond acceptors (Lipinski definition) is 2. The Balaban J connectivity index is 2.59. The molecule has 0 fully saturated rings. The van der Waals surface area contributed by atoms with E-state index in [1.54, 1.807) is 6.33 Å². The van der Waals surface area contributed by atoms with Crippen LogP contribution in [0.4, 0.5) is 5.82 Å². The van der Waals surface area contributed by atoms with Gasteiger partial charge in [0.05, 0.1) is 12.1 Å². The number of anilines is 1. The first-order valence-electron chi connectivity index (χ1n) is 3.17. The van der Waals surface area contributed by atoms with Gasteiger partial charge in [0.25, 0.3) is 0 Å². The zero-order valence-electron chi connectivity index (χ0n) is 5.32. The fourth-order valence-electron chi connectivity index (χ4n) is 1.12. The Bertz CT molecular complexity index is 261. The molecule has 2 N–H and O–H groups in total. The SMILES string of the molecule is Clc1nc[nH+]c2c1CCN2. The van der Waals surface area contributed by atoms with E-state index in [4.69, 9.17) is 11.6 Å². The van der Waals surface area contributed by atoms with Crippen LogP contribution in [0, 0.1) is 0 Å². The van der Waals surface area contributed by atoms with Gasteiger partial charge < -0.3 is 5.32 Å². The molecule has 0 radical (unpaired) electrons. The second-order valence-electron chi connectivity index (χ2n) is 2.22. The Morgan fingerprint density at radius 1 is 1.70 bits per heavy atom. The minimum Gasteiger partial charge on any atom is -0.305 e. The van der Waals surface area contributed by atoms with Crippen LogP contribution in [0.15, 0.2) is 6.33 Å². The molecule has 0 atom stereocenters. The molecule has 0 unspecified atom stereocenters. The van der Waals surface area contributed by atoms with E-state index < -0.39 is 0 Å². The maximum Gasteiger partial charge on any atom is 0.226 e. The molecule has 0 amide bonds. The standard InChI is InChI=1S/C6H6ClN3/c7-5-4-1-2-8-6(4)10-3-9-5/h3H,1-2H2,(H,8,9,10)/p+1. The summed E-state index contributed by atoms with van der Waals surface area (Å²) >= 11 is 5.80. The molecule has 52 valence electrons. The van der Waals surface area contributed by atoms with Gasteiger partial charge in [0.2, 0.25) is 17.3 Å². The van der Waals surface area contributed by atoms with E-state index in [0.29, 0.717) is 5.15 Å². The van der Waals surface area contributed by atoms with E-state index >= 15 is 0 Å². The van der Waals surface area contributed by atoms with Crippen molar-refractivity contribution in [1.82, 2.24) is 4.98 Å². The van der Waals surface area contributed by atoms with Crippen LogP contribution in [-0.2, 0) is 6.42 Å². The number of hydrogen-bond donors (Lipinski definition) is 1. The van der Waals surface area contributed by atoms with Crippen LogP contribution in [0.25, 0.3) is 0 Å². The average Bonchev–Trinajstić information content (AvgIpc) is 2.36. The molecule has 1 aliphatic heterocycles. The first-order valence-corrected chi connectivity index (χ1v) is 3.54. The number of H-pyrrole nitrogens is 1.